The highest BCUT2D eigenvalue weighted by Crippen LogP contribution is 2.66. The molecular formula is C20H28O6. The van der Waals surface area contributed by atoms with Crippen LogP contribution in [0.2, 0.25) is 0 Å². The summed E-state index contributed by atoms with van der Waals surface area (Å²) in [4.78, 5) is 24.6. The van der Waals surface area contributed by atoms with Crippen molar-refractivity contribution in [3.05, 3.63) is 12.2 Å². The molecule has 0 amide bonds. The maximum atomic E-state index is 12.4. The van der Waals surface area contributed by atoms with Crippen LogP contribution in [0.3, 0.4) is 0 Å². The lowest BCUT2D eigenvalue weighted by atomic mass is 9.51. The van der Waals surface area contributed by atoms with Crippen LogP contribution in [0.15, 0.2) is 12.2 Å². The zero-order valence-corrected chi connectivity index (χ0v) is 15.9. The number of hydrogen-bond donors (Lipinski definition) is 1. The van der Waals surface area contributed by atoms with E-state index in [9.17, 15) is 14.7 Å². The molecule has 4 aliphatic rings. The quantitative estimate of drug-likeness (QED) is 0.468. The third-order valence-electron chi connectivity index (χ3n) is 7.11. The van der Waals surface area contributed by atoms with Gasteiger partial charge in [0.1, 0.15) is 12.2 Å². The van der Waals surface area contributed by atoms with Crippen molar-refractivity contribution in [3.8, 4) is 0 Å². The first kappa shape index (κ1) is 18.0. The van der Waals surface area contributed by atoms with Crippen LogP contribution in [0.25, 0.3) is 0 Å². The van der Waals surface area contributed by atoms with E-state index in [1.165, 1.54) is 0 Å². The van der Waals surface area contributed by atoms with Gasteiger partial charge in [-0.2, -0.15) is 0 Å². The predicted octanol–water partition coefficient (Wildman–Crippen LogP) is 1.99. The van der Waals surface area contributed by atoms with Gasteiger partial charge >= 0.3 is 11.9 Å². The van der Waals surface area contributed by atoms with Crippen molar-refractivity contribution in [2.75, 3.05) is 0 Å². The summed E-state index contributed by atoms with van der Waals surface area (Å²) in [5.74, 6) is -0.904. The molecule has 0 spiro atoms. The van der Waals surface area contributed by atoms with Crippen molar-refractivity contribution in [1.29, 1.82) is 0 Å². The van der Waals surface area contributed by atoms with Crippen LogP contribution < -0.4 is 0 Å². The van der Waals surface area contributed by atoms with Gasteiger partial charge in [0.05, 0.1) is 17.8 Å². The van der Waals surface area contributed by atoms with Crippen molar-refractivity contribution in [2.24, 2.45) is 23.2 Å². The molecule has 0 unspecified atom stereocenters. The first-order valence-corrected chi connectivity index (χ1v) is 9.54. The van der Waals surface area contributed by atoms with Crippen molar-refractivity contribution in [2.45, 2.75) is 77.0 Å². The van der Waals surface area contributed by atoms with Gasteiger partial charge in [0, 0.05) is 35.7 Å². The molecule has 4 rings (SSSR count). The number of aliphatic hydroxyl groups is 1. The van der Waals surface area contributed by atoms with Crippen molar-refractivity contribution < 1.29 is 28.9 Å². The van der Waals surface area contributed by atoms with Crippen molar-refractivity contribution in [3.63, 3.8) is 0 Å². The van der Waals surface area contributed by atoms with E-state index < -0.39 is 29.2 Å². The molecule has 2 aliphatic carbocycles. The molecule has 0 aromatic heterocycles. The minimum absolute atomic E-state index is 0.0473. The van der Waals surface area contributed by atoms with E-state index in [4.69, 9.17) is 14.2 Å². The summed E-state index contributed by atoms with van der Waals surface area (Å²) in [6, 6.07) is 0. The van der Waals surface area contributed by atoms with Gasteiger partial charge in [0.15, 0.2) is 0 Å². The van der Waals surface area contributed by atoms with E-state index in [1.807, 2.05) is 27.7 Å². The van der Waals surface area contributed by atoms with Crippen molar-refractivity contribution >= 4 is 11.9 Å². The number of ether oxygens (including phenoxy) is 3. The zero-order chi connectivity index (χ0) is 19.0. The monoisotopic (exact) mass is 364 g/mol. The number of aliphatic hydroxyl groups excluding tert-OH is 1. The molecule has 0 aromatic rings. The summed E-state index contributed by atoms with van der Waals surface area (Å²) >= 11 is 0. The largest absolute Gasteiger partial charge is 0.462 e. The molecule has 0 radical (unpaired) electrons. The average molecular weight is 364 g/mol. The Morgan fingerprint density at radius 2 is 2.08 bits per heavy atom. The highest BCUT2D eigenvalue weighted by atomic mass is 16.6. The molecular weight excluding hydrogens is 336 g/mol. The second-order valence-corrected chi connectivity index (χ2v) is 9.20. The Balaban J connectivity index is 1.71. The zero-order valence-electron chi connectivity index (χ0n) is 15.9. The minimum Gasteiger partial charge on any atom is -0.462 e. The minimum atomic E-state index is -0.722. The molecule has 6 nitrogen and oxygen atoms in total. The van der Waals surface area contributed by atoms with Crippen LogP contribution in [-0.2, 0) is 23.8 Å². The fourth-order valence-electron chi connectivity index (χ4n) is 5.61. The molecule has 144 valence electrons. The molecule has 6 heteroatoms. The molecule has 26 heavy (non-hydrogen) atoms. The number of carbonyl (C=O) groups excluding carboxylic acids is 2. The normalized spacial score (nSPS) is 49.2. The van der Waals surface area contributed by atoms with E-state index in [2.05, 4.69) is 6.58 Å². The number of carbonyl (C=O) groups is 2. The number of rotatable bonds is 3. The summed E-state index contributed by atoms with van der Waals surface area (Å²) in [6.07, 6.45) is -0.327. The van der Waals surface area contributed by atoms with Gasteiger partial charge in [-0.05, 0) is 19.3 Å². The lowest BCUT2D eigenvalue weighted by Crippen LogP contribution is -2.65. The maximum Gasteiger partial charge on any atom is 0.334 e. The predicted molar refractivity (Wildman–Crippen MR) is 92.0 cm³/mol. The summed E-state index contributed by atoms with van der Waals surface area (Å²) in [6.45, 7) is 11.8. The van der Waals surface area contributed by atoms with Gasteiger partial charge in [-0.15, -0.1) is 0 Å². The van der Waals surface area contributed by atoms with Crippen LogP contribution in [0.5, 0.6) is 0 Å². The van der Waals surface area contributed by atoms with Gasteiger partial charge < -0.3 is 19.3 Å². The lowest BCUT2D eigenvalue weighted by Gasteiger charge is -2.55. The standard InChI is InChI=1S/C20H28O6/c1-9(2)6-15(22)24-13-7-11-10(3)18(23)25-16(11)17-19(13,4)12(21)8-14-20(17,5)26-14/h9,11-14,16-17,21H,3,6-8H2,1-2,4-5H3/t11-,12-,13+,14+,16-,17+,19+,20+/m0/s1. The maximum absolute atomic E-state index is 12.4. The Bertz CT molecular complexity index is 671. The Morgan fingerprint density at radius 3 is 2.73 bits per heavy atom. The van der Waals surface area contributed by atoms with E-state index in [-0.39, 0.29) is 35.9 Å². The Kier molecular flexibility index (Phi) is 3.84. The summed E-state index contributed by atoms with van der Waals surface area (Å²) < 4.78 is 17.5. The topological polar surface area (TPSA) is 85.4 Å². The first-order valence-electron chi connectivity index (χ1n) is 9.54. The molecule has 4 fully saturated rings. The van der Waals surface area contributed by atoms with Gasteiger partial charge in [0.25, 0.3) is 0 Å². The molecule has 0 aromatic carbocycles. The second-order valence-electron chi connectivity index (χ2n) is 9.20. The molecule has 0 bridgehead atoms. The van der Waals surface area contributed by atoms with Gasteiger partial charge in [-0.25, -0.2) is 4.79 Å². The van der Waals surface area contributed by atoms with Gasteiger partial charge in [-0.1, -0.05) is 27.4 Å². The van der Waals surface area contributed by atoms with E-state index in [0.29, 0.717) is 24.8 Å². The number of epoxide rings is 1. The van der Waals surface area contributed by atoms with Crippen LogP contribution in [0.1, 0.15) is 47.0 Å². The van der Waals surface area contributed by atoms with Gasteiger partial charge in [-0.3, -0.25) is 4.79 Å². The number of hydrogen-bond acceptors (Lipinski definition) is 6. The summed E-state index contributed by atoms with van der Waals surface area (Å²) in [7, 11) is 0. The smallest absolute Gasteiger partial charge is 0.334 e. The number of esters is 2. The fourth-order valence-corrected chi connectivity index (χ4v) is 5.61. The Hall–Kier alpha value is -1.40. The molecule has 2 heterocycles. The lowest BCUT2D eigenvalue weighted by molar-refractivity contribution is -0.211. The molecule has 8 atom stereocenters. The third-order valence-corrected chi connectivity index (χ3v) is 7.11. The molecule has 1 N–H and O–H groups in total. The van der Waals surface area contributed by atoms with E-state index in [0.717, 1.165) is 0 Å². The number of fused-ring (bicyclic) bond motifs is 5. The third kappa shape index (κ3) is 2.31. The van der Waals surface area contributed by atoms with E-state index in [1.54, 1.807) is 0 Å². The Morgan fingerprint density at radius 1 is 1.38 bits per heavy atom. The average Bonchev–Trinajstić information content (AvgIpc) is 3.10. The first-order chi connectivity index (χ1) is 12.1. The second kappa shape index (κ2) is 5.55. The molecule has 2 aliphatic heterocycles. The molecule has 2 saturated carbocycles. The SMILES string of the molecule is C=C1C(=O)O[C@H]2[C@H]1C[C@@H](OC(=O)CC(C)C)[C@@]1(C)[C@@H](O)C[C@H]3O[C@@]3(C)[C@H]21. The van der Waals surface area contributed by atoms with Crippen molar-refractivity contribution in [1.82, 2.24) is 0 Å². The fraction of sp³-hybridized carbons (Fsp3) is 0.800. The van der Waals surface area contributed by atoms with Crippen LogP contribution in [-0.4, -0.2) is 47.1 Å². The summed E-state index contributed by atoms with van der Waals surface area (Å²) in [5.41, 5.74) is -0.756. The van der Waals surface area contributed by atoms with Crippen LogP contribution in [0, 0.1) is 23.2 Å². The summed E-state index contributed by atoms with van der Waals surface area (Å²) in [5, 5.41) is 11.0. The highest BCUT2D eigenvalue weighted by Gasteiger charge is 2.76. The Labute approximate surface area is 153 Å². The molecule has 2 saturated heterocycles. The van der Waals surface area contributed by atoms with Gasteiger partial charge in [0.2, 0.25) is 0 Å². The van der Waals surface area contributed by atoms with E-state index >= 15 is 0 Å². The van der Waals surface area contributed by atoms with Crippen LogP contribution >= 0.6 is 0 Å². The highest BCUT2D eigenvalue weighted by molar-refractivity contribution is 5.91. The van der Waals surface area contributed by atoms with Crippen LogP contribution in [0.4, 0.5) is 0 Å².